The minimum atomic E-state index is -4.61. The first-order valence-electron chi connectivity index (χ1n) is 12.4. The molecule has 9 heteroatoms. The maximum Gasteiger partial charge on any atom is 0.668 e. The molecule has 1 unspecified atom stereocenters. The molecule has 7 nitrogen and oxygen atoms in total. The van der Waals surface area contributed by atoms with Gasteiger partial charge in [0.05, 0.1) is 0 Å². The van der Waals surface area contributed by atoms with Gasteiger partial charge in [0.25, 0.3) is 0 Å². The Morgan fingerprint density at radius 1 is 0.625 bits per heavy atom. The largest absolute Gasteiger partial charge is 0.668 e. The highest BCUT2D eigenvalue weighted by Crippen LogP contribution is 2.30. The van der Waals surface area contributed by atoms with E-state index in [1.165, 1.54) is 96.3 Å². The van der Waals surface area contributed by atoms with E-state index in [-0.39, 0.29) is 5.54 Å². The van der Waals surface area contributed by atoms with E-state index < -0.39 is 17.9 Å². The molecule has 0 saturated carbocycles. The van der Waals surface area contributed by atoms with Crippen molar-refractivity contribution >= 4 is 17.9 Å². The lowest BCUT2D eigenvalue weighted by Gasteiger charge is -2.30. The number of rotatable bonds is 21. The third-order valence-corrected chi connectivity index (χ3v) is 8.85. The van der Waals surface area contributed by atoms with Gasteiger partial charge in [0.15, 0.2) is 0 Å². The Balaban J connectivity index is 0. The first kappa shape index (κ1) is 34.1. The molecular weight excluding hydrogens is 444 g/mol. The Morgan fingerprint density at radius 3 is 1.16 bits per heavy atom. The molecule has 1 atom stereocenters. The molecule has 0 amide bonds. The summed E-state index contributed by atoms with van der Waals surface area (Å²) >= 11 is 0. The lowest BCUT2D eigenvalue weighted by atomic mass is 10.0. The SMILES string of the molecule is C=CC(CCCCCCCCCCCCCCCCC)[Si](OC)(OC)OC.O[Si](O)(O)O. The standard InChI is InChI=1S/C23H48O3Si.H4O4Si/c1-6-8-9-10-11-12-13-14-15-16-17-18-19-20-21-22-23(7-2)27(24-3,25-4)26-5;1-5(2,3)4/h7,23H,2,6,8-22H2,1,3-5H3;1-4H. The summed E-state index contributed by atoms with van der Waals surface area (Å²) in [5, 5.41) is 0. The molecule has 0 aliphatic heterocycles. The van der Waals surface area contributed by atoms with Gasteiger partial charge in [0.1, 0.15) is 0 Å². The van der Waals surface area contributed by atoms with E-state index in [0.29, 0.717) is 0 Å². The van der Waals surface area contributed by atoms with Gasteiger partial charge in [-0.3, -0.25) is 0 Å². The monoisotopic (exact) mass is 496 g/mol. The average molecular weight is 497 g/mol. The zero-order valence-electron chi connectivity index (χ0n) is 21.2. The van der Waals surface area contributed by atoms with Crippen molar-refractivity contribution in [1.29, 1.82) is 0 Å². The van der Waals surface area contributed by atoms with E-state index in [1.807, 2.05) is 6.08 Å². The van der Waals surface area contributed by atoms with Gasteiger partial charge in [0, 0.05) is 26.9 Å². The molecule has 0 saturated heterocycles. The number of hydrogen-bond donors (Lipinski definition) is 4. The van der Waals surface area contributed by atoms with Gasteiger partial charge in [-0.05, 0) is 6.42 Å². The Labute approximate surface area is 199 Å². The van der Waals surface area contributed by atoms with Crippen LogP contribution in [0, 0.1) is 0 Å². The van der Waals surface area contributed by atoms with E-state index in [4.69, 9.17) is 32.5 Å². The molecule has 0 aromatic rings. The van der Waals surface area contributed by atoms with Crippen molar-refractivity contribution in [3.63, 3.8) is 0 Å². The fraction of sp³-hybridized carbons (Fsp3) is 0.913. The summed E-state index contributed by atoms with van der Waals surface area (Å²) in [5.41, 5.74) is 0.194. The van der Waals surface area contributed by atoms with Crippen LogP contribution in [0.2, 0.25) is 5.54 Å². The second kappa shape index (κ2) is 22.7. The van der Waals surface area contributed by atoms with Crippen molar-refractivity contribution in [2.75, 3.05) is 21.3 Å². The first-order chi connectivity index (χ1) is 15.2. The van der Waals surface area contributed by atoms with Crippen LogP contribution in [-0.2, 0) is 13.3 Å². The van der Waals surface area contributed by atoms with Crippen LogP contribution in [0.4, 0.5) is 0 Å². The van der Waals surface area contributed by atoms with Crippen LogP contribution in [0.5, 0.6) is 0 Å². The van der Waals surface area contributed by atoms with E-state index in [2.05, 4.69) is 13.5 Å². The Kier molecular flexibility index (Phi) is 24.1. The lowest BCUT2D eigenvalue weighted by Crippen LogP contribution is -2.47. The molecule has 0 fully saturated rings. The van der Waals surface area contributed by atoms with Gasteiger partial charge in [-0.15, -0.1) is 6.58 Å². The minimum Gasteiger partial charge on any atom is -0.376 e. The summed E-state index contributed by atoms with van der Waals surface area (Å²) in [6.45, 7) is 6.24. The summed E-state index contributed by atoms with van der Waals surface area (Å²) in [5.74, 6) is 0. The quantitative estimate of drug-likeness (QED) is 0.0997. The highest BCUT2D eigenvalue weighted by molar-refractivity contribution is 6.62. The van der Waals surface area contributed by atoms with Crippen molar-refractivity contribution in [1.82, 2.24) is 0 Å². The van der Waals surface area contributed by atoms with E-state index in [1.54, 1.807) is 21.3 Å². The molecule has 194 valence electrons. The number of allylic oxidation sites excluding steroid dienone is 1. The van der Waals surface area contributed by atoms with E-state index in [9.17, 15) is 0 Å². The smallest absolute Gasteiger partial charge is 0.376 e. The molecule has 0 aliphatic rings. The zero-order valence-corrected chi connectivity index (χ0v) is 23.2. The van der Waals surface area contributed by atoms with Gasteiger partial charge >= 0.3 is 17.9 Å². The second-order valence-electron chi connectivity index (χ2n) is 8.40. The maximum absolute atomic E-state index is 7.33. The summed E-state index contributed by atoms with van der Waals surface area (Å²) in [4.78, 5) is 29.3. The van der Waals surface area contributed by atoms with Gasteiger partial charge < -0.3 is 32.5 Å². The van der Waals surface area contributed by atoms with Crippen molar-refractivity contribution < 1.29 is 32.5 Å². The summed E-state index contributed by atoms with van der Waals surface area (Å²) in [7, 11) is -2.13. The summed E-state index contributed by atoms with van der Waals surface area (Å²) in [6.07, 6.45) is 23.9. The minimum absolute atomic E-state index is 0.194. The first-order valence-corrected chi connectivity index (χ1v) is 16.0. The predicted molar refractivity (Wildman–Crippen MR) is 135 cm³/mol. The Morgan fingerprint density at radius 2 is 0.906 bits per heavy atom. The van der Waals surface area contributed by atoms with Crippen molar-refractivity contribution in [2.45, 2.75) is 115 Å². The third kappa shape index (κ3) is 21.7. The normalized spacial score (nSPS) is 12.9. The summed E-state index contributed by atoms with van der Waals surface area (Å²) < 4.78 is 16.8. The van der Waals surface area contributed by atoms with E-state index in [0.717, 1.165) is 6.42 Å². The highest BCUT2D eigenvalue weighted by atomic mass is 28.4. The Hall–Kier alpha value is -0.106. The van der Waals surface area contributed by atoms with Crippen molar-refractivity contribution in [2.24, 2.45) is 0 Å². The van der Waals surface area contributed by atoms with Crippen LogP contribution in [0.15, 0.2) is 12.7 Å². The molecule has 0 radical (unpaired) electrons. The van der Waals surface area contributed by atoms with Gasteiger partial charge in [-0.1, -0.05) is 109 Å². The zero-order chi connectivity index (χ0) is 24.7. The molecular formula is C23H52O7Si2. The molecule has 0 bridgehead atoms. The maximum atomic E-state index is 7.33. The molecule has 0 aromatic carbocycles. The van der Waals surface area contributed by atoms with Crippen LogP contribution in [0.1, 0.15) is 110 Å². The third-order valence-electron chi connectivity index (χ3n) is 5.71. The molecule has 0 aliphatic carbocycles. The molecule has 4 N–H and O–H groups in total. The fourth-order valence-corrected chi connectivity index (χ4v) is 6.13. The van der Waals surface area contributed by atoms with Crippen molar-refractivity contribution in [3.8, 4) is 0 Å². The van der Waals surface area contributed by atoms with Crippen LogP contribution in [0.3, 0.4) is 0 Å². The van der Waals surface area contributed by atoms with Crippen LogP contribution in [0.25, 0.3) is 0 Å². The van der Waals surface area contributed by atoms with Gasteiger partial charge in [0.2, 0.25) is 0 Å². The van der Waals surface area contributed by atoms with Crippen molar-refractivity contribution in [3.05, 3.63) is 12.7 Å². The molecule has 0 rings (SSSR count). The Bertz CT molecular complexity index is 388. The van der Waals surface area contributed by atoms with Crippen LogP contribution in [-0.4, -0.2) is 58.4 Å². The lowest BCUT2D eigenvalue weighted by molar-refractivity contribution is 0.114. The second-order valence-corrected chi connectivity index (χ2v) is 12.8. The average Bonchev–Trinajstić information content (AvgIpc) is 2.75. The van der Waals surface area contributed by atoms with Gasteiger partial charge in [-0.25, -0.2) is 0 Å². The summed E-state index contributed by atoms with van der Waals surface area (Å²) in [6, 6.07) is 0. The molecule has 0 aromatic heterocycles. The molecule has 0 heterocycles. The fourth-order valence-electron chi connectivity index (χ4n) is 3.88. The predicted octanol–water partition coefficient (Wildman–Crippen LogP) is 5.07. The van der Waals surface area contributed by atoms with Crippen LogP contribution < -0.4 is 0 Å². The highest BCUT2D eigenvalue weighted by Gasteiger charge is 2.45. The van der Waals surface area contributed by atoms with Gasteiger partial charge in [-0.2, -0.15) is 0 Å². The number of unbranched alkanes of at least 4 members (excludes halogenated alkanes) is 14. The topological polar surface area (TPSA) is 109 Å². The molecule has 32 heavy (non-hydrogen) atoms. The van der Waals surface area contributed by atoms with E-state index >= 15 is 0 Å². The number of hydrogen-bond acceptors (Lipinski definition) is 7. The molecule has 0 spiro atoms. The van der Waals surface area contributed by atoms with Crippen LogP contribution >= 0.6 is 0 Å².